The third-order valence-corrected chi connectivity index (χ3v) is 3.46. The minimum atomic E-state index is -4.13. The molecule has 1 aromatic heterocycles. The summed E-state index contributed by atoms with van der Waals surface area (Å²) in [4.78, 5) is 10.2. The molecular formula is C13H19F3N4. The number of nitrogens with one attached hydrogen (secondary N) is 1. The summed E-state index contributed by atoms with van der Waals surface area (Å²) in [5, 5.41) is 2.98. The summed E-state index contributed by atoms with van der Waals surface area (Å²) in [5.74, 6) is -0.208. The van der Waals surface area contributed by atoms with Crippen molar-refractivity contribution in [3.63, 3.8) is 0 Å². The molecule has 1 aliphatic rings. The number of alkyl halides is 3. The van der Waals surface area contributed by atoms with Crippen LogP contribution in [-0.2, 0) is 0 Å². The van der Waals surface area contributed by atoms with Gasteiger partial charge in [0.15, 0.2) is 0 Å². The second kappa shape index (κ2) is 5.85. The van der Waals surface area contributed by atoms with Crippen LogP contribution in [0.3, 0.4) is 0 Å². The average molecular weight is 288 g/mol. The SMILES string of the molecule is CCNc1ncc(C)c(N2CCCC(C(F)(F)F)C2)n1. The molecule has 112 valence electrons. The summed E-state index contributed by atoms with van der Waals surface area (Å²) in [6.45, 7) is 5.00. The molecule has 1 fully saturated rings. The van der Waals surface area contributed by atoms with E-state index in [0.717, 1.165) is 5.56 Å². The van der Waals surface area contributed by atoms with Crippen LogP contribution < -0.4 is 10.2 Å². The summed E-state index contributed by atoms with van der Waals surface area (Å²) in [7, 11) is 0. The third-order valence-electron chi connectivity index (χ3n) is 3.46. The molecule has 0 aromatic carbocycles. The molecule has 0 spiro atoms. The van der Waals surface area contributed by atoms with Crippen molar-refractivity contribution in [2.45, 2.75) is 32.9 Å². The van der Waals surface area contributed by atoms with Gasteiger partial charge in [-0.3, -0.25) is 0 Å². The normalized spacial score (nSPS) is 20.1. The molecule has 20 heavy (non-hydrogen) atoms. The van der Waals surface area contributed by atoms with Gasteiger partial charge in [0.05, 0.1) is 5.92 Å². The maximum atomic E-state index is 12.9. The van der Waals surface area contributed by atoms with E-state index in [4.69, 9.17) is 0 Å². The zero-order valence-electron chi connectivity index (χ0n) is 11.7. The van der Waals surface area contributed by atoms with Crippen LogP contribution in [0, 0.1) is 12.8 Å². The molecule has 7 heteroatoms. The van der Waals surface area contributed by atoms with Gasteiger partial charge in [-0.05, 0) is 26.7 Å². The first-order valence-corrected chi connectivity index (χ1v) is 6.81. The number of halogens is 3. The van der Waals surface area contributed by atoms with Crippen molar-refractivity contribution < 1.29 is 13.2 Å². The van der Waals surface area contributed by atoms with E-state index in [-0.39, 0.29) is 13.0 Å². The minimum absolute atomic E-state index is 0.0209. The van der Waals surface area contributed by atoms with E-state index in [1.165, 1.54) is 0 Å². The van der Waals surface area contributed by atoms with Crippen LogP contribution in [-0.4, -0.2) is 35.8 Å². The van der Waals surface area contributed by atoms with E-state index < -0.39 is 12.1 Å². The number of anilines is 2. The Morgan fingerprint density at radius 3 is 2.85 bits per heavy atom. The van der Waals surface area contributed by atoms with Crippen molar-refractivity contribution >= 4 is 11.8 Å². The summed E-state index contributed by atoms with van der Waals surface area (Å²) in [5.41, 5.74) is 0.800. The van der Waals surface area contributed by atoms with Crippen LogP contribution in [0.25, 0.3) is 0 Å². The van der Waals surface area contributed by atoms with E-state index in [1.54, 1.807) is 11.1 Å². The van der Waals surface area contributed by atoms with E-state index in [9.17, 15) is 13.2 Å². The Kier molecular flexibility index (Phi) is 4.35. The fraction of sp³-hybridized carbons (Fsp3) is 0.692. The average Bonchev–Trinajstić information content (AvgIpc) is 2.40. The van der Waals surface area contributed by atoms with Gasteiger partial charge in [-0.25, -0.2) is 4.98 Å². The summed E-state index contributed by atoms with van der Waals surface area (Å²) in [6, 6.07) is 0. The van der Waals surface area contributed by atoms with E-state index in [1.807, 2.05) is 13.8 Å². The molecule has 1 atom stereocenters. The largest absolute Gasteiger partial charge is 0.393 e. The van der Waals surface area contributed by atoms with E-state index >= 15 is 0 Å². The first-order chi connectivity index (χ1) is 9.41. The van der Waals surface area contributed by atoms with Gasteiger partial charge in [-0.1, -0.05) is 0 Å². The van der Waals surface area contributed by atoms with Gasteiger partial charge in [-0.2, -0.15) is 18.2 Å². The van der Waals surface area contributed by atoms with Crippen LogP contribution in [0.5, 0.6) is 0 Å². The Bertz CT molecular complexity index is 461. The Hall–Kier alpha value is -1.53. The number of hydrogen-bond donors (Lipinski definition) is 1. The Labute approximate surface area is 116 Å². The predicted molar refractivity (Wildman–Crippen MR) is 71.9 cm³/mol. The molecule has 1 unspecified atom stereocenters. The number of aryl methyl sites for hydroxylation is 1. The molecule has 4 nitrogen and oxygen atoms in total. The summed E-state index contributed by atoms with van der Waals surface area (Å²) >= 11 is 0. The maximum absolute atomic E-state index is 12.9. The van der Waals surface area contributed by atoms with Crippen LogP contribution in [0.1, 0.15) is 25.3 Å². The minimum Gasteiger partial charge on any atom is -0.356 e. The van der Waals surface area contributed by atoms with Crippen LogP contribution >= 0.6 is 0 Å². The number of hydrogen-bond acceptors (Lipinski definition) is 4. The predicted octanol–water partition coefficient (Wildman–Crippen LogP) is 3.00. The molecular weight excluding hydrogens is 269 g/mol. The topological polar surface area (TPSA) is 41.1 Å². The lowest BCUT2D eigenvalue weighted by Gasteiger charge is -2.35. The molecule has 1 saturated heterocycles. The Morgan fingerprint density at radius 1 is 1.45 bits per heavy atom. The van der Waals surface area contributed by atoms with Crippen molar-refractivity contribution in [2.75, 3.05) is 29.9 Å². The lowest BCUT2D eigenvalue weighted by atomic mass is 9.97. The van der Waals surface area contributed by atoms with Crippen molar-refractivity contribution in [2.24, 2.45) is 5.92 Å². The number of rotatable bonds is 3. The highest BCUT2D eigenvalue weighted by Gasteiger charge is 2.42. The monoisotopic (exact) mass is 288 g/mol. The highest BCUT2D eigenvalue weighted by atomic mass is 19.4. The molecule has 1 aromatic rings. The quantitative estimate of drug-likeness (QED) is 0.928. The Balaban J connectivity index is 2.20. The first kappa shape index (κ1) is 14.9. The molecule has 1 N–H and O–H groups in total. The summed E-state index contributed by atoms with van der Waals surface area (Å²) < 4.78 is 38.6. The van der Waals surface area contributed by atoms with Crippen LogP contribution in [0.2, 0.25) is 0 Å². The van der Waals surface area contributed by atoms with Crippen molar-refractivity contribution in [1.82, 2.24) is 9.97 Å². The van der Waals surface area contributed by atoms with Gasteiger partial charge in [0.25, 0.3) is 0 Å². The van der Waals surface area contributed by atoms with Crippen LogP contribution in [0.15, 0.2) is 6.20 Å². The van der Waals surface area contributed by atoms with Gasteiger partial charge in [0.1, 0.15) is 5.82 Å². The van der Waals surface area contributed by atoms with Gasteiger partial charge >= 0.3 is 6.18 Å². The lowest BCUT2D eigenvalue weighted by Crippen LogP contribution is -2.42. The molecule has 0 radical (unpaired) electrons. The van der Waals surface area contributed by atoms with Crippen molar-refractivity contribution in [1.29, 1.82) is 0 Å². The maximum Gasteiger partial charge on any atom is 0.393 e. The van der Waals surface area contributed by atoms with Gasteiger partial charge in [0.2, 0.25) is 5.95 Å². The van der Waals surface area contributed by atoms with Gasteiger partial charge in [-0.15, -0.1) is 0 Å². The molecule has 0 aliphatic carbocycles. The fourth-order valence-electron chi connectivity index (χ4n) is 2.43. The fourth-order valence-corrected chi connectivity index (χ4v) is 2.43. The number of piperidine rings is 1. The highest BCUT2D eigenvalue weighted by molar-refractivity contribution is 5.49. The molecule has 0 amide bonds. The molecule has 1 aliphatic heterocycles. The molecule has 0 saturated carbocycles. The highest BCUT2D eigenvalue weighted by Crippen LogP contribution is 2.35. The number of aromatic nitrogens is 2. The molecule has 2 rings (SSSR count). The van der Waals surface area contributed by atoms with E-state index in [0.29, 0.717) is 31.3 Å². The first-order valence-electron chi connectivity index (χ1n) is 6.81. The second-order valence-corrected chi connectivity index (χ2v) is 5.06. The smallest absolute Gasteiger partial charge is 0.356 e. The Morgan fingerprint density at radius 2 is 2.20 bits per heavy atom. The van der Waals surface area contributed by atoms with Crippen LogP contribution in [0.4, 0.5) is 24.9 Å². The zero-order chi connectivity index (χ0) is 14.8. The molecule has 2 heterocycles. The van der Waals surface area contributed by atoms with Crippen molar-refractivity contribution in [3.05, 3.63) is 11.8 Å². The summed E-state index contributed by atoms with van der Waals surface area (Å²) in [6.07, 6.45) is -1.75. The lowest BCUT2D eigenvalue weighted by molar-refractivity contribution is -0.176. The third kappa shape index (κ3) is 3.32. The van der Waals surface area contributed by atoms with Gasteiger partial charge < -0.3 is 10.2 Å². The second-order valence-electron chi connectivity index (χ2n) is 5.06. The number of nitrogens with zero attached hydrogens (tertiary/aromatic N) is 3. The zero-order valence-corrected chi connectivity index (χ0v) is 11.7. The standard InChI is InChI=1S/C13H19F3N4/c1-3-17-12-18-7-9(2)11(19-12)20-6-4-5-10(8-20)13(14,15)16/h7,10H,3-6,8H2,1-2H3,(H,17,18,19). The molecule has 0 bridgehead atoms. The van der Waals surface area contributed by atoms with Gasteiger partial charge in [0, 0.05) is 31.4 Å². The van der Waals surface area contributed by atoms with E-state index in [2.05, 4.69) is 15.3 Å². The van der Waals surface area contributed by atoms with Crippen molar-refractivity contribution in [3.8, 4) is 0 Å².